The van der Waals surface area contributed by atoms with E-state index in [-0.39, 0.29) is 0 Å². The first-order valence-corrected chi connectivity index (χ1v) is 6.50. The summed E-state index contributed by atoms with van der Waals surface area (Å²) >= 11 is 3.64. The zero-order valence-electron chi connectivity index (χ0n) is 10.2. The second kappa shape index (κ2) is 5.16. The molecule has 0 nitrogen and oxygen atoms in total. The number of benzene rings is 1. The van der Waals surface area contributed by atoms with Gasteiger partial charge >= 0.3 is 0 Å². The summed E-state index contributed by atoms with van der Waals surface area (Å²) in [5, 5.41) is 0. The molecule has 0 amide bonds. The molecule has 0 bridgehead atoms. The van der Waals surface area contributed by atoms with Crippen LogP contribution in [0.5, 0.6) is 0 Å². The van der Waals surface area contributed by atoms with Crippen molar-refractivity contribution in [2.24, 2.45) is 5.41 Å². The second-order valence-electron chi connectivity index (χ2n) is 5.31. The van der Waals surface area contributed by atoms with Crippen molar-refractivity contribution < 1.29 is 0 Å². The molecule has 0 aliphatic carbocycles. The van der Waals surface area contributed by atoms with Crippen molar-refractivity contribution >= 4 is 15.9 Å². The highest BCUT2D eigenvalue weighted by Crippen LogP contribution is 2.29. The van der Waals surface area contributed by atoms with Gasteiger partial charge in [-0.2, -0.15) is 0 Å². The molecule has 1 atom stereocenters. The Bertz CT molecular complexity index is 313. The standard InChI is InChI=1S/C14H21Br/c1-11-6-5-7-13(8-11)10-14(3,4)9-12(2)15/h5-8,12H,9-10H2,1-4H3. The van der Waals surface area contributed by atoms with Crippen LogP contribution in [0.15, 0.2) is 24.3 Å². The molecular formula is C14H21Br. The SMILES string of the molecule is Cc1cccc(CC(C)(C)CC(C)Br)c1. The number of rotatable bonds is 4. The highest BCUT2D eigenvalue weighted by atomic mass is 79.9. The predicted octanol–water partition coefficient (Wildman–Crippen LogP) is 4.74. The first-order valence-electron chi connectivity index (χ1n) is 5.59. The topological polar surface area (TPSA) is 0 Å². The Kier molecular flexibility index (Phi) is 4.39. The maximum atomic E-state index is 3.64. The molecule has 0 aromatic heterocycles. The van der Waals surface area contributed by atoms with E-state index in [1.165, 1.54) is 17.5 Å². The highest BCUT2D eigenvalue weighted by molar-refractivity contribution is 9.09. The molecule has 1 heteroatoms. The van der Waals surface area contributed by atoms with Gasteiger partial charge in [-0.1, -0.05) is 66.5 Å². The van der Waals surface area contributed by atoms with Crippen LogP contribution in [0.25, 0.3) is 0 Å². The summed E-state index contributed by atoms with van der Waals surface area (Å²) in [6.45, 7) is 9.06. The van der Waals surface area contributed by atoms with Crippen LogP contribution >= 0.6 is 15.9 Å². The van der Waals surface area contributed by atoms with Crippen molar-refractivity contribution in [2.45, 2.75) is 45.4 Å². The normalized spacial score (nSPS) is 13.9. The molecule has 0 spiro atoms. The summed E-state index contributed by atoms with van der Waals surface area (Å²) in [5.41, 5.74) is 3.18. The van der Waals surface area contributed by atoms with E-state index >= 15 is 0 Å². The largest absolute Gasteiger partial charge is 0.0893 e. The Hall–Kier alpha value is -0.300. The van der Waals surface area contributed by atoms with E-state index < -0.39 is 0 Å². The molecule has 1 rings (SSSR count). The molecular weight excluding hydrogens is 248 g/mol. The Morgan fingerprint density at radius 3 is 2.53 bits per heavy atom. The minimum absolute atomic E-state index is 0.372. The third-order valence-electron chi connectivity index (χ3n) is 2.60. The van der Waals surface area contributed by atoms with Crippen molar-refractivity contribution in [3.8, 4) is 0 Å². The van der Waals surface area contributed by atoms with Gasteiger partial charge in [-0.25, -0.2) is 0 Å². The number of halogens is 1. The van der Waals surface area contributed by atoms with Crippen molar-refractivity contribution in [2.75, 3.05) is 0 Å². The third-order valence-corrected chi connectivity index (χ3v) is 2.92. The number of hydrogen-bond donors (Lipinski definition) is 0. The first-order chi connectivity index (χ1) is 6.89. The van der Waals surface area contributed by atoms with Gasteiger partial charge in [0.05, 0.1) is 0 Å². The van der Waals surface area contributed by atoms with Crippen LogP contribution in [0.2, 0.25) is 0 Å². The van der Waals surface area contributed by atoms with Gasteiger partial charge in [0.1, 0.15) is 0 Å². The van der Waals surface area contributed by atoms with Crippen LogP contribution in [0.3, 0.4) is 0 Å². The van der Waals surface area contributed by atoms with E-state index in [0.717, 1.165) is 6.42 Å². The number of alkyl halides is 1. The first kappa shape index (κ1) is 12.8. The zero-order valence-corrected chi connectivity index (χ0v) is 11.8. The van der Waals surface area contributed by atoms with Gasteiger partial charge in [0.2, 0.25) is 0 Å². The monoisotopic (exact) mass is 268 g/mol. The summed E-state index contributed by atoms with van der Waals surface area (Å²) in [6, 6.07) is 8.83. The van der Waals surface area contributed by atoms with E-state index in [0.29, 0.717) is 10.2 Å². The van der Waals surface area contributed by atoms with E-state index in [2.05, 4.69) is 67.9 Å². The predicted molar refractivity (Wildman–Crippen MR) is 71.7 cm³/mol. The zero-order chi connectivity index (χ0) is 11.5. The molecule has 0 radical (unpaired) electrons. The lowest BCUT2D eigenvalue weighted by atomic mass is 9.81. The van der Waals surface area contributed by atoms with Crippen molar-refractivity contribution in [1.82, 2.24) is 0 Å². The minimum Gasteiger partial charge on any atom is -0.0893 e. The van der Waals surface area contributed by atoms with Gasteiger partial charge in [-0.3, -0.25) is 0 Å². The molecule has 0 aliphatic heterocycles. The average molecular weight is 269 g/mol. The van der Waals surface area contributed by atoms with E-state index in [9.17, 15) is 0 Å². The quantitative estimate of drug-likeness (QED) is 0.693. The lowest BCUT2D eigenvalue weighted by Crippen LogP contribution is -2.18. The Morgan fingerprint density at radius 1 is 1.33 bits per heavy atom. The number of aryl methyl sites for hydroxylation is 1. The molecule has 84 valence electrons. The molecule has 1 unspecified atom stereocenters. The lowest BCUT2D eigenvalue weighted by Gasteiger charge is -2.26. The molecule has 0 aliphatic rings. The summed E-state index contributed by atoms with van der Waals surface area (Å²) in [6.07, 6.45) is 2.37. The van der Waals surface area contributed by atoms with Crippen molar-refractivity contribution in [1.29, 1.82) is 0 Å². The fraction of sp³-hybridized carbons (Fsp3) is 0.571. The van der Waals surface area contributed by atoms with Crippen LogP contribution in [-0.2, 0) is 6.42 Å². The lowest BCUT2D eigenvalue weighted by molar-refractivity contribution is 0.335. The molecule has 1 aromatic rings. The van der Waals surface area contributed by atoms with Crippen LogP contribution in [0.4, 0.5) is 0 Å². The molecule has 15 heavy (non-hydrogen) atoms. The van der Waals surface area contributed by atoms with Gasteiger partial charge < -0.3 is 0 Å². The Labute approximate surface area is 102 Å². The second-order valence-corrected chi connectivity index (χ2v) is 6.88. The smallest absolute Gasteiger partial charge is 0.0122 e. The maximum Gasteiger partial charge on any atom is 0.0122 e. The highest BCUT2D eigenvalue weighted by Gasteiger charge is 2.20. The molecule has 0 N–H and O–H groups in total. The van der Waals surface area contributed by atoms with Crippen molar-refractivity contribution in [3.63, 3.8) is 0 Å². The average Bonchev–Trinajstić information content (AvgIpc) is 1.99. The molecule has 0 saturated heterocycles. The fourth-order valence-corrected chi connectivity index (χ4v) is 3.08. The molecule has 1 aromatic carbocycles. The summed E-state index contributed by atoms with van der Waals surface area (Å²) in [4.78, 5) is 0.595. The fourth-order valence-electron chi connectivity index (χ4n) is 2.21. The van der Waals surface area contributed by atoms with Crippen LogP contribution < -0.4 is 0 Å². The summed E-state index contributed by atoms with van der Waals surface area (Å²) in [7, 11) is 0. The van der Waals surface area contributed by atoms with Crippen molar-refractivity contribution in [3.05, 3.63) is 35.4 Å². The molecule has 0 saturated carbocycles. The maximum absolute atomic E-state index is 3.64. The Balaban J connectivity index is 2.68. The summed E-state index contributed by atoms with van der Waals surface area (Å²) in [5.74, 6) is 0. The van der Waals surface area contributed by atoms with E-state index in [4.69, 9.17) is 0 Å². The van der Waals surface area contributed by atoms with Crippen LogP contribution in [0, 0.1) is 12.3 Å². The molecule has 0 fully saturated rings. The van der Waals surface area contributed by atoms with Crippen LogP contribution in [-0.4, -0.2) is 4.83 Å². The van der Waals surface area contributed by atoms with Crippen LogP contribution in [0.1, 0.15) is 38.3 Å². The third kappa shape index (κ3) is 4.83. The van der Waals surface area contributed by atoms with Gasteiger partial charge in [0.25, 0.3) is 0 Å². The van der Waals surface area contributed by atoms with Gasteiger partial charge in [0.15, 0.2) is 0 Å². The van der Waals surface area contributed by atoms with Gasteiger partial charge in [0, 0.05) is 4.83 Å². The van der Waals surface area contributed by atoms with Gasteiger partial charge in [-0.15, -0.1) is 0 Å². The minimum atomic E-state index is 0.372. The van der Waals surface area contributed by atoms with E-state index in [1.807, 2.05) is 0 Å². The van der Waals surface area contributed by atoms with E-state index in [1.54, 1.807) is 0 Å². The molecule has 0 heterocycles. The van der Waals surface area contributed by atoms with Gasteiger partial charge in [-0.05, 0) is 30.7 Å². The Morgan fingerprint density at radius 2 is 2.00 bits per heavy atom. The summed E-state index contributed by atoms with van der Waals surface area (Å²) < 4.78 is 0. The number of hydrogen-bond acceptors (Lipinski definition) is 0.